The third kappa shape index (κ3) is 5.31. The minimum Gasteiger partial charge on any atom is -0.455 e. The molecular weight excluding hydrogens is 320 g/mol. The van der Waals surface area contributed by atoms with Crippen molar-refractivity contribution in [3.8, 4) is 0 Å². The van der Waals surface area contributed by atoms with Crippen LogP contribution in [-0.2, 0) is 19.1 Å². The highest BCUT2D eigenvalue weighted by Gasteiger charge is 2.38. The van der Waals surface area contributed by atoms with Crippen LogP contribution in [-0.4, -0.2) is 41.4 Å². The number of carbonyl (C=O) groups is 3. The van der Waals surface area contributed by atoms with Crippen LogP contribution in [0.3, 0.4) is 0 Å². The van der Waals surface area contributed by atoms with Crippen LogP contribution in [0.5, 0.6) is 0 Å². The van der Waals surface area contributed by atoms with Gasteiger partial charge in [-0.25, -0.2) is 0 Å². The summed E-state index contributed by atoms with van der Waals surface area (Å²) < 4.78 is 5.09. The quantitative estimate of drug-likeness (QED) is 0.828. The van der Waals surface area contributed by atoms with E-state index in [4.69, 9.17) is 4.74 Å². The number of ether oxygens (including phenoxy) is 1. The van der Waals surface area contributed by atoms with Crippen molar-refractivity contribution < 1.29 is 19.1 Å². The lowest BCUT2D eigenvalue weighted by molar-refractivity contribution is -0.152. The van der Waals surface area contributed by atoms with Crippen molar-refractivity contribution >= 4 is 17.8 Å². The summed E-state index contributed by atoms with van der Waals surface area (Å²) in [7, 11) is 0. The van der Waals surface area contributed by atoms with E-state index in [0.29, 0.717) is 6.54 Å². The Balaban J connectivity index is 1.89. The van der Waals surface area contributed by atoms with Gasteiger partial charge in [0, 0.05) is 18.5 Å². The second kappa shape index (κ2) is 7.68. The summed E-state index contributed by atoms with van der Waals surface area (Å²) in [5.74, 6) is -1.45. The van der Waals surface area contributed by atoms with Gasteiger partial charge in [-0.05, 0) is 33.3 Å². The van der Waals surface area contributed by atoms with Crippen LogP contribution in [0.4, 0.5) is 0 Å². The first-order chi connectivity index (χ1) is 11.7. The van der Waals surface area contributed by atoms with E-state index in [9.17, 15) is 14.4 Å². The summed E-state index contributed by atoms with van der Waals surface area (Å²) in [6.07, 6.45) is 0.122. The number of benzene rings is 1. The molecule has 2 rings (SSSR count). The molecule has 136 valence electrons. The van der Waals surface area contributed by atoms with Crippen molar-refractivity contribution in [1.82, 2.24) is 10.2 Å². The van der Waals surface area contributed by atoms with E-state index in [0.717, 1.165) is 5.56 Å². The normalized spacial score (nSPS) is 18.8. The predicted molar refractivity (Wildman–Crippen MR) is 93.5 cm³/mol. The number of hydrogen-bond donors (Lipinski definition) is 1. The molecular formula is C19H26N2O4. The first-order valence-electron chi connectivity index (χ1n) is 8.49. The van der Waals surface area contributed by atoms with Gasteiger partial charge in [0.2, 0.25) is 5.91 Å². The van der Waals surface area contributed by atoms with Gasteiger partial charge in [-0.3, -0.25) is 14.4 Å². The fraction of sp³-hybridized carbons (Fsp3) is 0.526. The fourth-order valence-corrected chi connectivity index (χ4v) is 2.88. The topological polar surface area (TPSA) is 75.7 Å². The van der Waals surface area contributed by atoms with E-state index in [1.165, 1.54) is 0 Å². The van der Waals surface area contributed by atoms with Crippen LogP contribution in [0.1, 0.15) is 45.7 Å². The van der Waals surface area contributed by atoms with Gasteiger partial charge in [-0.1, -0.05) is 30.3 Å². The Kier molecular flexibility index (Phi) is 5.82. The zero-order valence-corrected chi connectivity index (χ0v) is 15.2. The summed E-state index contributed by atoms with van der Waals surface area (Å²) in [6.45, 7) is 7.49. The highest BCUT2D eigenvalue weighted by Crippen LogP contribution is 2.28. The number of carbonyl (C=O) groups excluding carboxylic acids is 3. The van der Waals surface area contributed by atoms with E-state index < -0.39 is 11.9 Å². The number of rotatable bonds is 5. The van der Waals surface area contributed by atoms with Crippen molar-refractivity contribution in [2.24, 2.45) is 5.92 Å². The van der Waals surface area contributed by atoms with E-state index in [1.807, 2.05) is 58.0 Å². The third-order valence-electron chi connectivity index (χ3n) is 4.10. The molecule has 6 heteroatoms. The lowest BCUT2D eigenvalue weighted by Crippen LogP contribution is -2.43. The van der Waals surface area contributed by atoms with Gasteiger partial charge in [0.05, 0.1) is 12.0 Å². The Hall–Kier alpha value is -2.37. The van der Waals surface area contributed by atoms with Gasteiger partial charge < -0.3 is 15.0 Å². The summed E-state index contributed by atoms with van der Waals surface area (Å²) in [5.41, 5.74) is 0.642. The Morgan fingerprint density at radius 1 is 1.28 bits per heavy atom. The van der Waals surface area contributed by atoms with Crippen LogP contribution < -0.4 is 5.32 Å². The minimum atomic E-state index is -0.527. The maximum atomic E-state index is 12.3. The average Bonchev–Trinajstić information content (AvgIpc) is 2.93. The third-order valence-corrected chi connectivity index (χ3v) is 4.10. The number of likely N-dealkylation sites (tertiary alicyclic amines) is 1. The standard InChI is InChI=1S/C19H26N2O4/c1-13(14-8-6-5-7-9-14)21-11-15(10-17(21)23)18(24)25-12-16(22)20-19(2,3)4/h5-9,13,15H,10-12H2,1-4H3,(H,20,22)/t13-,15-/m1/s1. The molecule has 1 fully saturated rings. The van der Waals surface area contributed by atoms with Crippen molar-refractivity contribution in [1.29, 1.82) is 0 Å². The molecule has 0 radical (unpaired) electrons. The van der Waals surface area contributed by atoms with Crippen LogP contribution in [0.2, 0.25) is 0 Å². The SMILES string of the molecule is C[C@H](c1ccccc1)N1C[C@H](C(=O)OCC(=O)NC(C)(C)C)CC1=O. The molecule has 1 aromatic rings. The lowest BCUT2D eigenvalue weighted by atomic mass is 10.1. The molecule has 1 aromatic carbocycles. The molecule has 2 atom stereocenters. The molecule has 0 aliphatic carbocycles. The summed E-state index contributed by atoms with van der Waals surface area (Å²) in [6, 6.07) is 9.58. The largest absolute Gasteiger partial charge is 0.455 e. The zero-order valence-electron chi connectivity index (χ0n) is 15.2. The number of nitrogens with one attached hydrogen (secondary N) is 1. The van der Waals surface area contributed by atoms with Gasteiger partial charge in [-0.15, -0.1) is 0 Å². The van der Waals surface area contributed by atoms with Crippen molar-refractivity contribution in [2.45, 2.75) is 45.7 Å². The van der Waals surface area contributed by atoms with Crippen LogP contribution in [0, 0.1) is 5.92 Å². The van der Waals surface area contributed by atoms with Gasteiger partial charge in [0.25, 0.3) is 5.91 Å². The Morgan fingerprint density at radius 3 is 2.52 bits per heavy atom. The molecule has 0 spiro atoms. The first-order valence-corrected chi connectivity index (χ1v) is 8.49. The minimum absolute atomic E-state index is 0.0718. The molecule has 0 aromatic heterocycles. The van der Waals surface area contributed by atoms with Crippen LogP contribution in [0.15, 0.2) is 30.3 Å². The highest BCUT2D eigenvalue weighted by atomic mass is 16.5. The molecule has 1 aliphatic heterocycles. The Morgan fingerprint density at radius 2 is 1.92 bits per heavy atom. The summed E-state index contributed by atoms with van der Waals surface area (Å²) in [5, 5.41) is 2.73. The van der Waals surface area contributed by atoms with Gasteiger partial charge >= 0.3 is 5.97 Å². The lowest BCUT2D eigenvalue weighted by Gasteiger charge is -2.25. The molecule has 6 nitrogen and oxygen atoms in total. The second-order valence-electron chi connectivity index (χ2n) is 7.44. The number of amides is 2. The van der Waals surface area contributed by atoms with Gasteiger partial charge in [-0.2, -0.15) is 0 Å². The highest BCUT2D eigenvalue weighted by molar-refractivity contribution is 5.88. The maximum absolute atomic E-state index is 12.3. The van der Waals surface area contributed by atoms with Crippen molar-refractivity contribution in [3.63, 3.8) is 0 Å². The average molecular weight is 346 g/mol. The molecule has 2 amide bonds. The monoisotopic (exact) mass is 346 g/mol. The van der Waals surface area contributed by atoms with E-state index in [2.05, 4.69) is 5.32 Å². The van der Waals surface area contributed by atoms with Crippen LogP contribution >= 0.6 is 0 Å². The molecule has 1 heterocycles. The Bertz CT molecular complexity index is 637. The van der Waals surface area contributed by atoms with Gasteiger partial charge in [0.1, 0.15) is 0 Å². The van der Waals surface area contributed by atoms with Gasteiger partial charge in [0.15, 0.2) is 6.61 Å². The number of hydrogen-bond acceptors (Lipinski definition) is 4. The second-order valence-corrected chi connectivity index (χ2v) is 7.44. The smallest absolute Gasteiger partial charge is 0.311 e. The molecule has 0 bridgehead atoms. The fourth-order valence-electron chi connectivity index (χ4n) is 2.88. The van der Waals surface area contributed by atoms with Crippen LogP contribution in [0.25, 0.3) is 0 Å². The molecule has 1 saturated heterocycles. The summed E-state index contributed by atoms with van der Waals surface area (Å²) >= 11 is 0. The van der Waals surface area contributed by atoms with Crippen molar-refractivity contribution in [3.05, 3.63) is 35.9 Å². The summed E-state index contributed by atoms with van der Waals surface area (Å²) in [4.78, 5) is 37.9. The van der Waals surface area contributed by atoms with E-state index in [-0.39, 0.29) is 36.4 Å². The number of esters is 1. The maximum Gasteiger partial charge on any atom is 0.311 e. The van der Waals surface area contributed by atoms with E-state index >= 15 is 0 Å². The molecule has 1 N–H and O–H groups in total. The van der Waals surface area contributed by atoms with E-state index in [1.54, 1.807) is 4.90 Å². The number of nitrogens with zero attached hydrogens (tertiary/aromatic N) is 1. The van der Waals surface area contributed by atoms with Crippen molar-refractivity contribution in [2.75, 3.05) is 13.2 Å². The zero-order chi connectivity index (χ0) is 18.6. The molecule has 25 heavy (non-hydrogen) atoms. The molecule has 0 unspecified atom stereocenters. The molecule has 1 aliphatic rings. The Labute approximate surface area is 148 Å². The molecule has 0 saturated carbocycles. The first kappa shape index (κ1) is 19.0. The predicted octanol–water partition coefficient (Wildman–Crippen LogP) is 2.05.